The number of rotatable bonds is 6. The van der Waals surface area contributed by atoms with Crippen LogP contribution in [0.25, 0.3) is 0 Å². The van der Waals surface area contributed by atoms with Crippen LogP contribution in [0, 0.1) is 0 Å². The summed E-state index contributed by atoms with van der Waals surface area (Å²) in [6.07, 6.45) is -5.36. The van der Waals surface area contributed by atoms with Crippen molar-refractivity contribution in [2.75, 3.05) is 20.8 Å². The van der Waals surface area contributed by atoms with Crippen molar-refractivity contribution in [2.24, 2.45) is 0 Å². The number of esters is 3. The number of methoxy groups -OCH3 is 2. The predicted molar refractivity (Wildman–Crippen MR) is 118 cm³/mol. The molecule has 0 aromatic heterocycles. The highest BCUT2D eigenvalue weighted by molar-refractivity contribution is 5.90. The molecule has 0 saturated carbocycles. The smallest absolute Gasteiger partial charge is 0.366 e. The summed E-state index contributed by atoms with van der Waals surface area (Å²) in [5.74, 6) is -3.93. The first-order valence-corrected chi connectivity index (χ1v) is 11.0. The highest BCUT2D eigenvalue weighted by Gasteiger charge is 2.58. The molecule has 10 nitrogen and oxygen atoms in total. The van der Waals surface area contributed by atoms with Gasteiger partial charge in [0.1, 0.15) is 12.2 Å². The number of benzene rings is 2. The van der Waals surface area contributed by atoms with Crippen LogP contribution < -0.4 is 0 Å². The molecule has 2 fully saturated rings. The van der Waals surface area contributed by atoms with Crippen LogP contribution in [0.2, 0.25) is 0 Å². The maximum atomic E-state index is 13.0. The normalized spacial score (nSPS) is 30.0. The molecule has 35 heavy (non-hydrogen) atoms. The van der Waals surface area contributed by atoms with E-state index >= 15 is 0 Å². The second kappa shape index (κ2) is 10.5. The maximum absolute atomic E-state index is 13.0. The monoisotopic (exact) mass is 486 g/mol. The second-order valence-corrected chi connectivity index (χ2v) is 8.08. The lowest BCUT2D eigenvalue weighted by molar-refractivity contribution is -0.375. The third-order valence-corrected chi connectivity index (χ3v) is 5.77. The molecule has 0 bridgehead atoms. The van der Waals surface area contributed by atoms with Crippen LogP contribution in [0.5, 0.6) is 0 Å². The number of carbonyl (C=O) groups excluding carboxylic acids is 3. The van der Waals surface area contributed by atoms with Gasteiger partial charge in [-0.25, -0.2) is 14.4 Å². The molecule has 10 heteroatoms. The van der Waals surface area contributed by atoms with Crippen molar-refractivity contribution in [2.45, 2.75) is 43.4 Å². The Morgan fingerprint density at radius 3 is 1.91 bits per heavy atom. The van der Waals surface area contributed by atoms with Crippen LogP contribution in [-0.4, -0.2) is 75.2 Å². The van der Waals surface area contributed by atoms with Crippen LogP contribution in [0.1, 0.15) is 27.6 Å². The van der Waals surface area contributed by atoms with Crippen LogP contribution >= 0.6 is 0 Å². The molecule has 2 aliphatic heterocycles. The van der Waals surface area contributed by atoms with E-state index in [0.29, 0.717) is 0 Å². The molecule has 4 rings (SSSR count). The Balaban J connectivity index is 1.67. The number of ether oxygens (including phenoxy) is 7. The van der Waals surface area contributed by atoms with E-state index in [0.717, 1.165) is 0 Å². The summed E-state index contributed by atoms with van der Waals surface area (Å²) < 4.78 is 39.2. The standard InChI is InChI=1S/C25H26O10/c1-25(24(28)30-3)31-14-17-18(35-25)19(33-21(26)15-10-6-4-7-11-15)20(23(29-2)32-17)34-22(27)16-12-8-5-9-13-16/h4-13,17-20,23H,14H2,1-3H3/t17-,18-,19+,20-,23-,25?/m1/s1. The average molecular weight is 486 g/mol. The van der Waals surface area contributed by atoms with E-state index in [2.05, 4.69) is 0 Å². The zero-order valence-electron chi connectivity index (χ0n) is 19.4. The highest BCUT2D eigenvalue weighted by Crippen LogP contribution is 2.36. The van der Waals surface area contributed by atoms with Crippen molar-refractivity contribution in [3.63, 3.8) is 0 Å². The molecule has 2 saturated heterocycles. The summed E-state index contributed by atoms with van der Waals surface area (Å²) in [5, 5.41) is 0. The Kier molecular flexibility index (Phi) is 7.46. The Bertz CT molecular complexity index is 1040. The molecule has 2 heterocycles. The van der Waals surface area contributed by atoms with E-state index in [4.69, 9.17) is 33.2 Å². The predicted octanol–water partition coefficient (Wildman–Crippen LogP) is 2.11. The summed E-state index contributed by atoms with van der Waals surface area (Å²) in [6, 6.07) is 16.6. The van der Waals surface area contributed by atoms with Crippen molar-refractivity contribution in [1.82, 2.24) is 0 Å². The average Bonchev–Trinajstić information content (AvgIpc) is 2.90. The summed E-state index contributed by atoms with van der Waals surface area (Å²) in [5.41, 5.74) is 0.561. The van der Waals surface area contributed by atoms with Crippen molar-refractivity contribution >= 4 is 17.9 Å². The van der Waals surface area contributed by atoms with Gasteiger partial charge in [-0.15, -0.1) is 0 Å². The van der Waals surface area contributed by atoms with Gasteiger partial charge in [0.05, 0.1) is 24.8 Å². The minimum atomic E-state index is -1.79. The summed E-state index contributed by atoms with van der Waals surface area (Å²) in [4.78, 5) is 38.3. The second-order valence-electron chi connectivity index (χ2n) is 8.08. The number of carbonyl (C=O) groups is 3. The van der Waals surface area contributed by atoms with Crippen molar-refractivity contribution in [1.29, 1.82) is 0 Å². The fraction of sp³-hybridized carbons (Fsp3) is 0.400. The lowest BCUT2D eigenvalue weighted by Gasteiger charge is -2.49. The first-order chi connectivity index (χ1) is 16.9. The van der Waals surface area contributed by atoms with E-state index < -0.39 is 54.4 Å². The fourth-order valence-corrected chi connectivity index (χ4v) is 3.96. The molecule has 0 spiro atoms. The van der Waals surface area contributed by atoms with Crippen LogP contribution in [0.4, 0.5) is 0 Å². The van der Waals surface area contributed by atoms with Crippen LogP contribution in [-0.2, 0) is 38.0 Å². The van der Waals surface area contributed by atoms with Gasteiger partial charge in [0.15, 0.2) is 18.5 Å². The number of hydrogen-bond acceptors (Lipinski definition) is 10. The van der Waals surface area contributed by atoms with Crippen molar-refractivity contribution in [3.8, 4) is 0 Å². The summed E-state index contributed by atoms with van der Waals surface area (Å²) in [6.45, 7) is 1.30. The summed E-state index contributed by atoms with van der Waals surface area (Å²) in [7, 11) is 2.57. The molecule has 1 unspecified atom stereocenters. The van der Waals surface area contributed by atoms with Gasteiger partial charge in [-0.3, -0.25) is 0 Å². The van der Waals surface area contributed by atoms with Gasteiger partial charge in [0.25, 0.3) is 5.79 Å². The number of hydrogen-bond donors (Lipinski definition) is 0. The fourth-order valence-electron chi connectivity index (χ4n) is 3.96. The maximum Gasteiger partial charge on any atom is 0.366 e. The molecule has 0 N–H and O–H groups in total. The van der Waals surface area contributed by atoms with Gasteiger partial charge in [0.2, 0.25) is 0 Å². The number of fused-ring (bicyclic) bond motifs is 1. The molecule has 2 aromatic carbocycles. The van der Waals surface area contributed by atoms with Gasteiger partial charge in [-0.2, -0.15) is 0 Å². The molecule has 0 aliphatic carbocycles. The molecule has 2 aliphatic rings. The minimum Gasteiger partial charge on any atom is -0.465 e. The quantitative estimate of drug-likeness (QED) is 0.444. The molecule has 0 radical (unpaired) electrons. The van der Waals surface area contributed by atoms with Crippen molar-refractivity contribution < 1.29 is 47.5 Å². The van der Waals surface area contributed by atoms with Gasteiger partial charge in [-0.05, 0) is 24.3 Å². The Morgan fingerprint density at radius 1 is 0.857 bits per heavy atom. The Morgan fingerprint density at radius 2 is 1.40 bits per heavy atom. The van der Waals surface area contributed by atoms with E-state index in [1.165, 1.54) is 21.1 Å². The lowest BCUT2D eigenvalue weighted by atomic mass is 9.96. The van der Waals surface area contributed by atoms with Crippen LogP contribution in [0.3, 0.4) is 0 Å². The minimum absolute atomic E-state index is 0.0884. The van der Waals surface area contributed by atoms with E-state index in [-0.39, 0.29) is 17.7 Å². The van der Waals surface area contributed by atoms with Gasteiger partial charge < -0.3 is 33.2 Å². The van der Waals surface area contributed by atoms with Crippen molar-refractivity contribution in [3.05, 3.63) is 71.8 Å². The molecule has 0 amide bonds. The lowest BCUT2D eigenvalue weighted by Crippen LogP contribution is -2.68. The zero-order valence-corrected chi connectivity index (χ0v) is 19.4. The van der Waals surface area contributed by atoms with E-state index in [1.807, 2.05) is 0 Å². The Labute approximate surface area is 202 Å². The Hall–Kier alpha value is -3.31. The molecule has 6 atom stereocenters. The third-order valence-electron chi connectivity index (χ3n) is 5.77. The third kappa shape index (κ3) is 5.20. The summed E-state index contributed by atoms with van der Waals surface area (Å²) >= 11 is 0. The highest BCUT2D eigenvalue weighted by atomic mass is 16.8. The first kappa shape index (κ1) is 24.8. The molecular formula is C25H26O10. The van der Waals surface area contributed by atoms with Gasteiger partial charge >= 0.3 is 17.9 Å². The van der Waals surface area contributed by atoms with E-state index in [1.54, 1.807) is 60.7 Å². The SMILES string of the molecule is COC(=O)C1(C)OC[C@H]2O[C@@H](OC)[C@H](OC(=O)c3ccccc3)[C@@H](OC(=O)c3ccccc3)[C@@H]2O1. The van der Waals surface area contributed by atoms with Gasteiger partial charge in [0, 0.05) is 14.0 Å². The molecular weight excluding hydrogens is 460 g/mol. The molecule has 2 aromatic rings. The largest absolute Gasteiger partial charge is 0.465 e. The first-order valence-electron chi connectivity index (χ1n) is 11.0. The van der Waals surface area contributed by atoms with Gasteiger partial charge in [-0.1, -0.05) is 36.4 Å². The molecule has 186 valence electrons. The topological polar surface area (TPSA) is 116 Å². The van der Waals surface area contributed by atoms with E-state index in [9.17, 15) is 14.4 Å². The zero-order chi connectivity index (χ0) is 25.0. The van der Waals surface area contributed by atoms with Crippen LogP contribution in [0.15, 0.2) is 60.7 Å².